The van der Waals surface area contributed by atoms with E-state index in [-0.39, 0.29) is 34.0 Å². The van der Waals surface area contributed by atoms with Crippen LogP contribution in [0.3, 0.4) is 0 Å². The van der Waals surface area contributed by atoms with Crippen molar-refractivity contribution in [1.82, 2.24) is 0 Å². The number of carbonyl (C=O) groups excluding carboxylic acids is 1. The Morgan fingerprint density at radius 3 is 1.62 bits per heavy atom. The summed E-state index contributed by atoms with van der Waals surface area (Å²) in [5.41, 5.74) is 2.35. The summed E-state index contributed by atoms with van der Waals surface area (Å²) in [5.74, 6) is 0.257. The largest absolute Gasteiger partial charge is 0.412 e. The third kappa shape index (κ3) is 9.62. The second-order valence-electron chi connectivity index (χ2n) is 12.5. The van der Waals surface area contributed by atoms with Gasteiger partial charge in [0.05, 0.1) is 12.2 Å². The number of rotatable bonds is 10. The van der Waals surface area contributed by atoms with Crippen molar-refractivity contribution in [1.29, 1.82) is 0 Å². The fraction of sp³-hybridized carbons (Fsp3) is 0.741. The summed E-state index contributed by atoms with van der Waals surface area (Å²) in [6, 6.07) is 0. The third-order valence-corrected chi connectivity index (χ3v) is 16.4. The highest BCUT2D eigenvalue weighted by atomic mass is 28.4. The van der Waals surface area contributed by atoms with Crippen molar-refractivity contribution in [2.45, 2.75) is 125 Å². The van der Waals surface area contributed by atoms with Gasteiger partial charge < -0.3 is 8.85 Å². The summed E-state index contributed by atoms with van der Waals surface area (Å²) in [6.07, 6.45) is 7.72. The Kier molecular flexibility index (Phi) is 11.3. The smallest absolute Gasteiger partial charge is 0.192 e. The molecular weight excluding hydrogens is 428 g/mol. The first-order valence-corrected chi connectivity index (χ1v) is 17.8. The maximum absolute atomic E-state index is 11.2. The van der Waals surface area contributed by atoms with Crippen LogP contribution in [0, 0.1) is 5.92 Å². The molecule has 0 radical (unpaired) electrons. The molecule has 0 saturated heterocycles. The maximum Gasteiger partial charge on any atom is 0.192 e. The van der Waals surface area contributed by atoms with Gasteiger partial charge in [-0.2, -0.15) is 0 Å². The number of ketones is 1. The molecule has 0 unspecified atom stereocenters. The zero-order valence-corrected chi connectivity index (χ0v) is 25.8. The van der Waals surface area contributed by atoms with Crippen molar-refractivity contribution < 1.29 is 13.6 Å². The Morgan fingerprint density at radius 2 is 1.22 bits per heavy atom. The predicted molar refractivity (Wildman–Crippen MR) is 146 cm³/mol. The lowest BCUT2D eigenvalue weighted by atomic mass is 9.96. The molecule has 0 amide bonds. The summed E-state index contributed by atoms with van der Waals surface area (Å²) in [7, 11) is -3.91. The van der Waals surface area contributed by atoms with E-state index < -0.39 is 16.6 Å². The Balaban J connectivity index is 6.04. The van der Waals surface area contributed by atoms with Crippen LogP contribution < -0.4 is 0 Å². The molecule has 3 atom stereocenters. The van der Waals surface area contributed by atoms with Gasteiger partial charge in [0.25, 0.3) is 0 Å². The first-order valence-electron chi connectivity index (χ1n) is 12.0. The fourth-order valence-corrected chi connectivity index (χ4v) is 5.79. The van der Waals surface area contributed by atoms with Crippen LogP contribution in [0.2, 0.25) is 36.3 Å². The van der Waals surface area contributed by atoms with Gasteiger partial charge in [0, 0.05) is 5.92 Å². The van der Waals surface area contributed by atoms with Gasteiger partial charge in [0.1, 0.15) is 0 Å². The molecule has 3 nitrogen and oxygen atoms in total. The highest BCUT2D eigenvalue weighted by Crippen LogP contribution is 2.41. The number of allylic oxidation sites excluding steroid dienone is 5. The molecule has 0 fully saturated rings. The summed E-state index contributed by atoms with van der Waals surface area (Å²) >= 11 is 0. The van der Waals surface area contributed by atoms with E-state index in [2.05, 4.69) is 102 Å². The molecular formula is C27H52O3Si2. The fourth-order valence-electron chi connectivity index (χ4n) is 2.94. The van der Waals surface area contributed by atoms with E-state index in [1.54, 1.807) is 13.0 Å². The predicted octanol–water partition coefficient (Wildman–Crippen LogP) is 8.46. The SMILES string of the molecule is CC(=O)/C=C/C=C(C)/C(C)=C/[C@H](C)[C@H](O[Si](C)(C)C(C)(C)C)[C@H](C)O[Si](C)(C)C(C)(C)C. The van der Waals surface area contributed by atoms with Crippen LogP contribution in [-0.4, -0.2) is 34.6 Å². The monoisotopic (exact) mass is 480 g/mol. The molecule has 0 aromatic carbocycles. The van der Waals surface area contributed by atoms with Gasteiger partial charge in [-0.05, 0) is 75.6 Å². The zero-order valence-electron chi connectivity index (χ0n) is 23.8. The first-order chi connectivity index (χ1) is 14.1. The third-order valence-electron chi connectivity index (χ3n) is 7.32. The van der Waals surface area contributed by atoms with Crippen LogP contribution >= 0.6 is 0 Å². The van der Waals surface area contributed by atoms with Crippen molar-refractivity contribution >= 4 is 22.4 Å². The molecule has 0 aromatic rings. The normalized spacial score (nSPS) is 18.1. The van der Waals surface area contributed by atoms with Crippen LogP contribution in [0.1, 0.15) is 76.2 Å². The minimum absolute atomic E-state index is 0.00552. The van der Waals surface area contributed by atoms with E-state index in [1.807, 2.05) is 12.2 Å². The standard InChI is InChI=1S/C27H52O3Si2/c1-20(17-16-18-23(4)28)21(2)19-22(3)25(30-32(14,15)27(9,10)11)24(5)29-31(12,13)26(6,7)8/h16-19,22,24-25H,1-15H3/b18-16+,20-17+,21-19+/t22-,24-,25-/m0/s1. The van der Waals surface area contributed by atoms with Crippen molar-refractivity contribution in [3.63, 3.8) is 0 Å². The summed E-state index contributed by atoms with van der Waals surface area (Å²) in [6.45, 7) is 33.2. The maximum atomic E-state index is 11.2. The molecule has 0 bridgehead atoms. The molecule has 0 N–H and O–H groups in total. The van der Waals surface area contributed by atoms with Gasteiger partial charge in [-0.1, -0.05) is 72.3 Å². The van der Waals surface area contributed by atoms with Crippen LogP contribution in [0.25, 0.3) is 0 Å². The molecule has 0 aromatic heterocycles. The van der Waals surface area contributed by atoms with Crippen molar-refractivity contribution in [3.8, 4) is 0 Å². The molecule has 5 heteroatoms. The van der Waals surface area contributed by atoms with E-state index >= 15 is 0 Å². The summed E-state index contributed by atoms with van der Waals surface area (Å²) in [4.78, 5) is 11.2. The molecule has 0 aliphatic carbocycles. The Hall–Kier alpha value is -0.756. The topological polar surface area (TPSA) is 35.5 Å². The average molecular weight is 481 g/mol. The van der Waals surface area contributed by atoms with Crippen LogP contribution in [-0.2, 0) is 13.6 Å². The molecule has 186 valence electrons. The van der Waals surface area contributed by atoms with Gasteiger partial charge >= 0.3 is 0 Å². The lowest BCUT2D eigenvalue weighted by molar-refractivity contribution is -0.112. The van der Waals surface area contributed by atoms with Gasteiger partial charge in [0.15, 0.2) is 22.4 Å². The number of hydrogen-bond acceptors (Lipinski definition) is 3. The van der Waals surface area contributed by atoms with Gasteiger partial charge in [0.2, 0.25) is 0 Å². The molecule has 0 heterocycles. The molecule has 0 saturated carbocycles. The van der Waals surface area contributed by atoms with Crippen molar-refractivity contribution in [3.05, 3.63) is 35.5 Å². The van der Waals surface area contributed by atoms with Crippen molar-refractivity contribution in [2.24, 2.45) is 5.92 Å². The number of carbonyl (C=O) groups is 1. The Labute approximate surface area is 202 Å². The highest BCUT2D eigenvalue weighted by molar-refractivity contribution is 6.74. The van der Waals surface area contributed by atoms with E-state index in [0.717, 1.165) is 5.57 Å². The quantitative estimate of drug-likeness (QED) is 0.179. The molecule has 0 aliphatic rings. The van der Waals surface area contributed by atoms with Crippen molar-refractivity contribution in [2.75, 3.05) is 0 Å². The molecule has 32 heavy (non-hydrogen) atoms. The lowest BCUT2D eigenvalue weighted by Gasteiger charge is -2.45. The second-order valence-corrected chi connectivity index (χ2v) is 22.0. The van der Waals surface area contributed by atoms with E-state index in [4.69, 9.17) is 8.85 Å². The Bertz CT molecular complexity index is 716. The molecule has 0 rings (SSSR count). The van der Waals surface area contributed by atoms with E-state index in [9.17, 15) is 4.79 Å². The molecule has 0 aliphatic heterocycles. The summed E-state index contributed by atoms with van der Waals surface area (Å²) in [5, 5.41) is 0.286. The number of hydrogen-bond donors (Lipinski definition) is 0. The molecule has 0 spiro atoms. The van der Waals surface area contributed by atoms with Crippen LogP contribution in [0.5, 0.6) is 0 Å². The van der Waals surface area contributed by atoms with E-state index in [0.29, 0.717) is 0 Å². The van der Waals surface area contributed by atoms with Gasteiger partial charge in [-0.25, -0.2) is 0 Å². The highest BCUT2D eigenvalue weighted by Gasteiger charge is 2.44. The summed E-state index contributed by atoms with van der Waals surface area (Å²) < 4.78 is 13.8. The Morgan fingerprint density at radius 1 is 0.781 bits per heavy atom. The van der Waals surface area contributed by atoms with Gasteiger partial charge in [-0.15, -0.1) is 0 Å². The van der Waals surface area contributed by atoms with Gasteiger partial charge in [-0.3, -0.25) is 4.79 Å². The zero-order chi connectivity index (χ0) is 25.7. The average Bonchev–Trinajstić information content (AvgIpc) is 2.56. The first kappa shape index (κ1) is 31.2. The lowest BCUT2D eigenvalue weighted by Crippen LogP contribution is -2.52. The second kappa shape index (κ2) is 11.6. The minimum Gasteiger partial charge on any atom is -0.412 e. The van der Waals surface area contributed by atoms with E-state index in [1.165, 1.54) is 5.57 Å². The van der Waals surface area contributed by atoms with Crippen LogP contribution in [0.4, 0.5) is 0 Å². The minimum atomic E-state index is -1.98. The van der Waals surface area contributed by atoms with Crippen LogP contribution in [0.15, 0.2) is 35.5 Å².